The van der Waals surface area contributed by atoms with Crippen molar-refractivity contribution in [1.82, 2.24) is 30.6 Å². The third-order valence-corrected chi connectivity index (χ3v) is 10.9. The van der Waals surface area contributed by atoms with Gasteiger partial charge in [0.15, 0.2) is 0 Å². The molecule has 0 aliphatic carbocycles. The SMILES string of the molecule is C.CS(=O)(=O)CCNCc1ccc(-c2ccc3ncnc(Br)c3c2)o1.CS(=O)(=O)CCNCc1ccc(-c2ccc3ncnc(OC4CCCCO4)c3c2)o1.[Br-].[Li+]. The van der Waals surface area contributed by atoms with Gasteiger partial charge >= 0.3 is 18.9 Å². The molecule has 2 N–H and O–H groups in total. The first kappa shape index (κ1) is 48.2. The molecular formula is C38H45Br2LiN6O8S2. The molecule has 0 amide bonds. The molecule has 4 aromatic heterocycles. The number of sulfone groups is 2. The van der Waals surface area contributed by atoms with Crippen LogP contribution in [-0.4, -0.2) is 86.8 Å². The van der Waals surface area contributed by atoms with Crippen LogP contribution in [0.5, 0.6) is 5.88 Å². The zero-order valence-corrected chi connectivity index (χ0v) is 36.0. The number of furan rings is 2. The Hall–Kier alpha value is -3.18. The number of halogens is 2. The number of aromatic nitrogens is 4. The predicted molar refractivity (Wildman–Crippen MR) is 216 cm³/mol. The van der Waals surface area contributed by atoms with Crippen LogP contribution in [0.2, 0.25) is 0 Å². The average Bonchev–Trinajstić information content (AvgIpc) is 3.83. The number of benzene rings is 2. The second-order valence-electron chi connectivity index (χ2n) is 12.9. The van der Waals surface area contributed by atoms with Crippen molar-refractivity contribution in [2.24, 2.45) is 0 Å². The van der Waals surface area contributed by atoms with Gasteiger partial charge in [-0.1, -0.05) is 7.43 Å². The number of fused-ring (bicyclic) bond motifs is 2. The molecule has 0 radical (unpaired) electrons. The standard InChI is InChI=1S/C21H25N3O5S.C16H16BrN3O3S.CH4.BrH.Li/c1-30(25,26)11-9-22-13-16-6-8-19(28-16)15-5-7-18-17(12-15)21(24-14-23-18)29-20-4-2-3-10-27-20;1-24(21,22)7-6-18-9-12-3-5-15(23-12)11-2-4-14-13(8-11)16(17)20-10-19-14;;;/h5-8,12,14,20,22H,2-4,9-11,13H2,1H3;2-5,8,10,18H,6-7,9H2,1H3;1H4;1H;/q;;;;+1/p-1. The molecule has 6 aromatic rings. The third-order valence-electron chi connectivity index (χ3n) is 8.36. The Labute approximate surface area is 364 Å². The molecule has 5 heterocycles. The molecule has 1 saturated heterocycles. The summed E-state index contributed by atoms with van der Waals surface area (Å²) in [6.07, 6.45) is 8.15. The molecule has 0 spiro atoms. The summed E-state index contributed by atoms with van der Waals surface area (Å²) in [4.78, 5) is 17.0. The van der Waals surface area contributed by atoms with E-state index < -0.39 is 19.7 Å². The van der Waals surface area contributed by atoms with Crippen molar-refractivity contribution < 1.29 is 71.0 Å². The number of ether oxygens (including phenoxy) is 2. The van der Waals surface area contributed by atoms with Gasteiger partial charge in [-0.05, 0) is 89.4 Å². The Bertz CT molecular complexity index is 2430. The molecule has 1 fully saturated rings. The summed E-state index contributed by atoms with van der Waals surface area (Å²) >= 11 is 3.43. The van der Waals surface area contributed by atoms with Gasteiger partial charge in [-0.25, -0.2) is 36.8 Å². The van der Waals surface area contributed by atoms with E-state index in [0.717, 1.165) is 74.1 Å². The van der Waals surface area contributed by atoms with Gasteiger partial charge in [0.2, 0.25) is 12.2 Å². The number of rotatable bonds is 14. The van der Waals surface area contributed by atoms with Crippen LogP contribution in [-0.2, 0) is 37.5 Å². The Morgan fingerprint density at radius 3 is 1.79 bits per heavy atom. The average molecular weight is 945 g/mol. The van der Waals surface area contributed by atoms with E-state index in [1.54, 1.807) is 0 Å². The van der Waals surface area contributed by atoms with Crippen LogP contribution in [0.15, 0.2) is 86.8 Å². The van der Waals surface area contributed by atoms with E-state index in [9.17, 15) is 16.8 Å². The smallest absolute Gasteiger partial charge is 1.00 e. The van der Waals surface area contributed by atoms with Crippen molar-refractivity contribution in [3.05, 3.63) is 89.4 Å². The fourth-order valence-corrected chi connectivity index (χ4v) is 7.02. The van der Waals surface area contributed by atoms with Crippen LogP contribution in [0.1, 0.15) is 38.2 Å². The van der Waals surface area contributed by atoms with Crippen molar-refractivity contribution >= 4 is 57.4 Å². The Kier molecular flexibility index (Phi) is 18.8. The normalized spacial score (nSPS) is 14.1. The van der Waals surface area contributed by atoms with E-state index in [2.05, 4.69) is 46.5 Å². The van der Waals surface area contributed by atoms with Crippen molar-refractivity contribution in [1.29, 1.82) is 0 Å². The molecule has 19 heteroatoms. The zero-order valence-electron chi connectivity index (χ0n) is 31.2. The monoisotopic (exact) mass is 942 g/mol. The number of hydrogen-bond acceptors (Lipinski definition) is 14. The summed E-state index contributed by atoms with van der Waals surface area (Å²) in [5.41, 5.74) is 3.46. The third kappa shape index (κ3) is 14.6. The number of hydrogen-bond donors (Lipinski definition) is 2. The number of nitrogens with one attached hydrogen (secondary N) is 2. The van der Waals surface area contributed by atoms with E-state index in [1.165, 1.54) is 25.2 Å². The molecule has 14 nitrogen and oxygen atoms in total. The minimum atomic E-state index is -2.98. The zero-order chi connectivity index (χ0) is 38.1. The minimum Gasteiger partial charge on any atom is -1.00 e. The van der Waals surface area contributed by atoms with E-state index in [4.69, 9.17) is 18.3 Å². The molecule has 302 valence electrons. The van der Waals surface area contributed by atoms with Gasteiger partial charge in [-0.15, -0.1) is 0 Å². The topological polar surface area (TPSA) is 189 Å². The molecule has 1 aliphatic rings. The van der Waals surface area contributed by atoms with Crippen LogP contribution < -0.4 is 51.2 Å². The van der Waals surface area contributed by atoms with Crippen molar-refractivity contribution in [2.45, 2.75) is 46.1 Å². The van der Waals surface area contributed by atoms with Crippen LogP contribution in [0.3, 0.4) is 0 Å². The van der Waals surface area contributed by atoms with E-state index in [1.807, 2.05) is 60.7 Å². The van der Waals surface area contributed by atoms with Crippen LogP contribution in [0.4, 0.5) is 0 Å². The van der Waals surface area contributed by atoms with Gasteiger partial charge in [0.05, 0.1) is 47.6 Å². The molecular weight excluding hydrogens is 899 g/mol. The minimum absolute atomic E-state index is 0. The Balaban J connectivity index is 0.000000296. The Morgan fingerprint density at radius 1 is 0.737 bits per heavy atom. The molecule has 1 atom stereocenters. The first-order valence-corrected chi connectivity index (χ1v) is 22.2. The largest absolute Gasteiger partial charge is 1.00 e. The van der Waals surface area contributed by atoms with Gasteiger partial charge in [0, 0.05) is 48.5 Å². The summed E-state index contributed by atoms with van der Waals surface area (Å²) in [7, 11) is -5.93. The second kappa shape index (κ2) is 22.3. The molecule has 57 heavy (non-hydrogen) atoms. The quantitative estimate of drug-likeness (QED) is 0.0866. The maximum atomic E-state index is 11.2. The molecule has 7 rings (SSSR count). The van der Waals surface area contributed by atoms with Crippen molar-refractivity contribution in [2.75, 3.05) is 43.7 Å². The maximum absolute atomic E-state index is 11.2. The summed E-state index contributed by atoms with van der Waals surface area (Å²) in [5, 5.41) is 7.86. The van der Waals surface area contributed by atoms with Crippen LogP contribution in [0.25, 0.3) is 44.5 Å². The van der Waals surface area contributed by atoms with Gasteiger partial charge < -0.3 is 45.9 Å². The van der Waals surface area contributed by atoms with Crippen LogP contribution in [0, 0.1) is 0 Å². The maximum Gasteiger partial charge on any atom is 1.00 e. The van der Waals surface area contributed by atoms with E-state index >= 15 is 0 Å². The van der Waals surface area contributed by atoms with Crippen LogP contribution >= 0.6 is 15.9 Å². The molecule has 0 bridgehead atoms. The molecule has 2 aromatic carbocycles. The number of nitrogens with zero attached hydrogens (tertiary/aromatic N) is 4. The van der Waals surface area contributed by atoms with Gasteiger partial charge in [0.1, 0.15) is 60.0 Å². The fourth-order valence-electron chi connectivity index (χ4n) is 5.58. The van der Waals surface area contributed by atoms with E-state index in [-0.39, 0.29) is 61.1 Å². The molecule has 1 unspecified atom stereocenters. The Morgan fingerprint density at radius 2 is 1.26 bits per heavy atom. The summed E-state index contributed by atoms with van der Waals surface area (Å²) in [6.45, 7) is 2.42. The van der Waals surface area contributed by atoms with Crippen molar-refractivity contribution in [3.63, 3.8) is 0 Å². The molecule has 1 aliphatic heterocycles. The van der Waals surface area contributed by atoms with Gasteiger partial charge in [-0.2, -0.15) is 0 Å². The van der Waals surface area contributed by atoms with Gasteiger partial charge in [0.25, 0.3) is 0 Å². The summed E-state index contributed by atoms with van der Waals surface area (Å²) in [6, 6.07) is 19.2. The first-order valence-electron chi connectivity index (χ1n) is 17.3. The predicted octanol–water partition coefficient (Wildman–Crippen LogP) is 0.360. The fraction of sp³-hybridized carbons (Fsp3) is 0.368. The van der Waals surface area contributed by atoms with E-state index in [0.29, 0.717) is 44.4 Å². The second-order valence-corrected chi connectivity index (χ2v) is 18.1. The van der Waals surface area contributed by atoms with Gasteiger partial charge in [-0.3, -0.25) is 0 Å². The summed E-state index contributed by atoms with van der Waals surface area (Å²) < 4.78 is 68.7. The summed E-state index contributed by atoms with van der Waals surface area (Å²) in [5.74, 6) is 3.64. The van der Waals surface area contributed by atoms with Crippen molar-refractivity contribution in [3.8, 4) is 28.5 Å². The molecule has 0 saturated carbocycles. The first-order chi connectivity index (χ1) is 25.9.